The molecule has 0 bridgehead atoms. The molecule has 0 saturated carbocycles. The third kappa shape index (κ3) is 2.56. The Labute approximate surface area is 85.1 Å². The van der Waals surface area contributed by atoms with E-state index in [1.165, 1.54) is 0 Å². The van der Waals surface area contributed by atoms with Crippen LogP contribution >= 0.6 is 0 Å². The monoisotopic (exact) mass is 197 g/mol. The predicted molar refractivity (Wildman–Crippen MR) is 56.0 cm³/mol. The molecule has 0 aliphatic rings. The Bertz CT molecular complexity index is 270. The van der Waals surface area contributed by atoms with Crippen molar-refractivity contribution in [2.45, 2.75) is 32.4 Å². The lowest BCUT2D eigenvalue weighted by Gasteiger charge is -2.17. The van der Waals surface area contributed by atoms with E-state index in [1.807, 2.05) is 19.4 Å². The quantitative estimate of drug-likeness (QED) is 0.778. The topological polar surface area (TPSA) is 53.1 Å². The largest absolute Gasteiger partial charge is 0.385 e. The molecular weight excluding hydrogens is 178 g/mol. The van der Waals surface area contributed by atoms with Crippen molar-refractivity contribution < 1.29 is 4.74 Å². The first-order valence-corrected chi connectivity index (χ1v) is 4.93. The zero-order valence-corrected chi connectivity index (χ0v) is 9.10. The van der Waals surface area contributed by atoms with Gasteiger partial charge < -0.3 is 15.0 Å². The molecule has 2 atom stereocenters. The van der Waals surface area contributed by atoms with E-state index in [0.717, 1.165) is 18.7 Å². The van der Waals surface area contributed by atoms with Crippen LogP contribution in [0.4, 0.5) is 0 Å². The van der Waals surface area contributed by atoms with Crippen LogP contribution in [-0.2, 0) is 4.74 Å². The van der Waals surface area contributed by atoms with Crippen LogP contribution in [0.25, 0.3) is 0 Å². The van der Waals surface area contributed by atoms with Gasteiger partial charge in [0.25, 0.3) is 0 Å². The first-order chi connectivity index (χ1) is 6.66. The fourth-order valence-corrected chi connectivity index (χ4v) is 1.46. The van der Waals surface area contributed by atoms with Crippen molar-refractivity contribution in [1.82, 2.24) is 9.55 Å². The second-order valence-corrected chi connectivity index (χ2v) is 3.64. The Morgan fingerprint density at radius 1 is 1.57 bits per heavy atom. The molecule has 4 nitrogen and oxygen atoms in total. The van der Waals surface area contributed by atoms with Gasteiger partial charge in [0.15, 0.2) is 0 Å². The van der Waals surface area contributed by atoms with Gasteiger partial charge in [0.1, 0.15) is 0 Å². The number of nitrogens with zero attached hydrogens (tertiary/aromatic N) is 2. The van der Waals surface area contributed by atoms with Crippen molar-refractivity contribution in [3.63, 3.8) is 0 Å². The lowest BCUT2D eigenvalue weighted by Crippen LogP contribution is -2.15. The minimum absolute atomic E-state index is 0.0301. The third-order valence-corrected chi connectivity index (χ3v) is 2.38. The van der Waals surface area contributed by atoms with Gasteiger partial charge >= 0.3 is 0 Å². The third-order valence-electron chi connectivity index (χ3n) is 2.38. The number of hydrogen-bond donors (Lipinski definition) is 1. The van der Waals surface area contributed by atoms with E-state index in [2.05, 4.69) is 16.5 Å². The van der Waals surface area contributed by atoms with Gasteiger partial charge in [-0.1, -0.05) is 0 Å². The van der Waals surface area contributed by atoms with Crippen molar-refractivity contribution in [3.05, 3.63) is 18.2 Å². The number of imidazole rings is 1. The fourth-order valence-electron chi connectivity index (χ4n) is 1.46. The minimum Gasteiger partial charge on any atom is -0.385 e. The first-order valence-electron chi connectivity index (χ1n) is 4.93. The molecule has 0 aromatic carbocycles. The second kappa shape index (κ2) is 5.12. The maximum absolute atomic E-state index is 5.83. The Morgan fingerprint density at radius 3 is 2.86 bits per heavy atom. The first kappa shape index (κ1) is 11.2. The SMILES string of the molecule is COCCC(C)n1cncc1[C@H](C)N. The van der Waals surface area contributed by atoms with Crippen molar-refractivity contribution in [2.75, 3.05) is 13.7 Å². The highest BCUT2D eigenvalue weighted by Crippen LogP contribution is 2.17. The van der Waals surface area contributed by atoms with Crippen LogP contribution in [0, 0.1) is 0 Å². The second-order valence-electron chi connectivity index (χ2n) is 3.64. The standard InChI is InChI=1S/C10H19N3O/c1-8(4-5-14-3)13-7-12-6-10(13)9(2)11/h6-9H,4-5,11H2,1-3H3/t8?,9-/m0/s1. The molecular formula is C10H19N3O. The Hall–Kier alpha value is -0.870. The molecule has 14 heavy (non-hydrogen) atoms. The van der Waals surface area contributed by atoms with Crippen LogP contribution in [0.1, 0.15) is 38.0 Å². The van der Waals surface area contributed by atoms with Gasteiger partial charge in [0.2, 0.25) is 0 Å². The summed E-state index contributed by atoms with van der Waals surface area (Å²) in [6.45, 7) is 4.88. The smallest absolute Gasteiger partial charge is 0.0951 e. The number of aromatic nitrogens is 2. The summed E-state index contributed by atoms with van der Waals surface area (Å²) in [6, 6.07) is 0.418. The van der Waals surface area contributed by atoms with Gasteiger partial charge in [-0.05, 0) is 20.3 Å². The molecule has 1 heterocycles. The van der Waals surface area contributed by atoms with E-state index in [4.69, 9.17) is 10.5 Å². The molecule has 2 N–H and O–H groups in total. The lowest BCUT2D eigenvalue weighted by atomic mass is 10.2. The number of methoxy groups -OCH3 is 1. The van der Waals surface area contributed by atoms with E-state index in [0.29, 0.717) is 6.04 Å². The molecule has 1 rings (SSSR count). The van der Waals surface area contributed by atoms with Gasteiger partial charge in [-0.2, -0.15) is 0 Å². The summed E-state index contributed by atoms with van der Waals surface area (Å²) < 4.78 is 7.16. The van der Waals surface area contributed by atoms with Crippen LogP contribution in [0.15, 0.2) is 12.5 Å². The lowest BCUT2D eigenvalue weighted by molar-refractivity contribution is 0.180. The van der Waals surface area contributed by atoms with Gasteiger partial charge in [-0.3, -0.25) is 0 Å². The van der Waals surface area contributed by atoms with E-state index in [1.54, 1.807) is 7.11 Å². The van der Waals surface area contributed by atoms with Gasteiger partial charge in [0, 0.05) is 32.0 Å². The predicted octanol–water partition coefficient (Wildman–Crippen LogP) is 1.50. The molecule has 4 heteroatoms. The molecule has 1 aromatic heterocycles. The van der Waals surface area contributed by atoms with Crippen molar-refractivity contribution in [2.24, 2.45) is 5.73 Å². The molecule has 1 aromatic rings. The maximum Gasteiger partial charge on any atom is 0.0951 e. The number of nitrogens with two attached hydrogens (primary N) is 1. The highest BCUT2D eigenvalue weighted by atomic mass is 16.5. The number of hydrogen-bond acceptors (Lipinski definition) is 3. The highest BCUT2D eigenvalue weighted by Gasteiger charge is 2.11. The van der Waals surface area contributed by atoms with E-state index in [-0.39, 0.29) is 6.04 Å². The fraction of sp³-hybridized carbons (Fsp3) is 0.700. The van der Waals surface area contributed by atoms with Crippen molar-refractivity contribution >= 4 is 0 Å². The minimum atomic E-state index is 0.0301. The molecule has 0 radical (unpaired) electrons. The molecule has 0 aliphatic carbocycles. The van der Waals surface area contributed by atoms with Crippen molar-refractivity contribution in [1.29, 1.82) is 0 Å². The number of ether oxygens (including phenoxy) is 1. The van der Waals surface area contributed by atoms with Crippen LogP contribution in [-0.4, -0.2) is 23.3 Å². The summed E-state index contributed by atoms with van der Waals surface area (Å²) in [5.74, 6) is 0. The highest BCUT2D eigenvalue weighted by molar-refractivity contribution is 5.04. The van der Waals surface area contributed by atoms with Gasteiger partial charge in [0.05, 0.1) is 12.0 Å². The summed E-state index contributed by atoms with van der Waals surface area (Å²) in [7, 11) is 1.72. The van der Waals surface area contributed by atoms with Crippen molar-refractivity contribution in [3.8, 4) is 0 Å². The van der Waals surface area contributed by atoms with Crippen LogP contribution in [0.3, 0.4) is 0 Å². The average molecular weight is 197 g/mol. The summed E-state index contributed by atoms with van der Waals surface area (Å²) in [6.07, 6.45) is 4.64. The molecule has 0 aliphatic heterocycles. The van der Waals surface area contributed by atoms with Gasteiger partial charge in [-0.15, -0.1) is 0 Å². The Kier molecular flexibility index (Phi) is 4.10. The van der Waals surface area contributed by atoms with Crippen LogP contribution in [0.2, 0.25) is 0 Å². The number of rotatable bonds is 5. The molecule has 1 unspecified atom stereocenters. The Balaban J connectivity index is 2.68. The zero-order chi connectivity index (χ0) is 10.6. The zero-order valence-electron chi connectivity index (χ0n) is 9.10. The van der Waals surface area contributed by atoms with Crippen LogP contribution < -0.4 is 5.73 Å². The van der Waals surface area contributed by atoms with Crippen LogP contribution in [0.5, 0.6) is 0 Å². The van der Waals surface area contributed by atoms with E-state index in [9.17, 15) is 0 Å². The summed E-state index contributed by atoms with van der Waals surface area (Å²) in [5, 5.41) is 0. The normalized spacial score (nSPS) is 15.4. The summed E-state index contributed by atoms with van der Waals surface area (Å²) in [5.41, 5.74) is 6.91. The van der Waals surface area contributed by atoms with E-state index < -0.39 is 0 Å². The Morgan fingerprint density at radius 2 is 2.29 bits per heavy atom. The van der Waals surface area contributed by atoms with Gasteiger partial charge in [-0.25, -0.2) is 4.98 Å². The van der Waals surface area contributed by atoms with E-state index >= 15 is 0 Å². The average Bonchev–Trinajstić information content (AvgIpc) is 2.62. The molecule has 0 spiro atoms. The summed E-state index contributed by atoms with van der Waals surface area (Å²) >= 11 is 0. The molecule has 80 valence electrons. The molecule has 0 amide bonds. The maximum atomic E-state index is 5.83. The summed E-state index contributed by atoms with van der Waals surface area (Å²) in [4.78, 5) is 4.11. The molecule has 0 saturated heterocycles. The molecule has 0 fully saturated rings.